The minimum Gasteiger partial charge on any atom is -0.379 e. The first kappa shape index (κ1) is 23.0. The van der Waals surface area contributed by atoms with E-state index in [0.717, 1.165) is 10.4 Å². The van der Waals surface area contributed by atoms with Gasteiger partial charge in [-0.15, -0.1) is 11.3 Å². The lowest BCUT2D eigenvalue weighted by Crippen LogP contribution is -2.40. The largest absolute Gasteiger partial charge is 0.379 e. The molecule has 1 amide bonds. The van der Waals surface area contributed by atoms with Crippen LogP contribution in [0.3, 0.4) is 0 Å². The van der Waals surface area contributed by atoms with Crippen molar-refractivity contribution in [1.82, 2.24) is 4.31 Å². The summed E-state index contributed by atoms with van der Waals surface area (Å²) < 4.78 is 32.5. The van der Waals surface area contributed by atoms with E-state index in [1.54, 1.807) is 0 Å². The molecule has 1 saturated heterocycles. The standard InChI is InChI=1S/C19H19Cl2N3O4S2/c1-3-12-11(2)29-19(14(12)10-22)23-18(25)13-8-17(16(21)9-15(13)20)30(26,27)24-4-6-28-7-5-24/h8-9H,3-7H2,1-2H3,(H,23,25). The molecule has 0 bridgehead atoms. The smallest absolute Gasteiger partial charge is 0.257 e. The fourth-order valence-electron chi connectivity index (χ4n) is 3.21. The molecule has 3 rings (SSSR count). The van der Waals surface area contributed by atoms with Crippen LogP contribution in [0.4, 0.5) is 5.00 Å². The fourth-order valence-corrected chi connectivity index (χ4v) is 6.54. The number of anilines is 1. The third-order valence-corrected chi connectivity index (χ3v) is 8.49. The van der Waals surface area contributed by atoms with Crippen LogP contribution in [0.5, 0.6) is 0 Å². The zero-order chi connectivity index (χ0) is 22.1. The van der Waals surface area contributed by atoms with Crippen LogP contribution in [-0.4, -0.2) is 44.9 Å². The van der Waals surface area contributed by atoms with Crippen LogP contribution in [0.1, 0.15) is 33.3 Å². The van der Waals surface area contributed by atoms with Gasteiger partial charge in [0.1, 0.15) is 16.0 Å². The number of thiophene rings is 1. The van der Waals surface area contributed by atoms with Crippen LogP contribution >= 0.6 is 34.5 Å². The van der Waals surface area contributed by atoms with Gasteiger partial charge in [-0.1, -0.05) is 30.1 Å². The summed E-state index contributed by atoms with van der Waals surface area (Å²) in [4.78, 5) is 13.6. The van der Waals surface area contributed by atoms with E-state index in [4.69, 9.17) is 27.9 Å². The van der Waals surface area contributed by atoms with Gasteiger partial charge in [-0.05, 0) is 31.0 Å². The molecule has 11 heteroatoms. The van der Waals surface area contributed by atoms with E-state index in [1.165, 1.54) is 27.8 Å². The number of hydrogen-bond donors (Lipinski definition) is 1. The number of ether oxygens (including phenoxy) is 1. The minimum absolute atomic E-state index is 0.0147. The Morgan fingerprint density at radius 3 is 2.57 bits per heavy atom. The van der Waals surface area contributed by atoms with Crippen LogP contribution in [0.15, 0.2) is 17.0 Å². The fraction of sp³-hybridized carbons (Fsp3) is 0.368. The quantitative estimate of drug-likeness (QED) is 0.684. The molecule has 160 valence electrons. The van der Waals surface area contributed by atoms with Crippen molar-refractivity contribution in [1.29, 1.82) is 5.26 Å². The van der Waals surface area contributed by atoms with E-state index in [9.17, 15) is 18.5 Å². The van der Waals surface area contributed by atoms with Gasteiger partial charge in [0, 0.05) is 18.0 Å². The van der Waals surface area contributed by atoms with E-state index in [1.807, 2.05) is 13.8 Å². The maximum atomic E-state index is 13.0. The Hall–Kier alpha value is -1.67. The summed E-state index contributed by atoms with van der Waals surface area (Å²) in [7, 11) is -3.92. The highest BCUT2D eigenvalue weighted by Crippen LogP contribution is 2.35. The highest BCUT2D eigenvalue weighted by molar-refractivity contribution is 7.89. The van der Waals surface area contributed by atoms with E-state index >= 15 is 0 Å². The summed E-state index contributed by atoms with van der Waals surface area (Å²) in [5.41, 5.74) is 1.23. The molecule has 0 aliphatic carbocycles. The Labute approximate surface area is 189 Å². The van der Waals surface area contributed by atoms with Crippen LogP contribution in [-0.2, 0) is 21.2 Å². The van der Waals surface area contributed by atoms with Crippen LogP contribution in [0.2, 0.25) is 10.0 Å². The number of aryl methyl sites for hydroxylation is 1. The highest BCUT2D eigenvalue weighted by atomic mass is 35.5. The van der Waals surface area contributed by atoms with E-state index in [2.05, 4.69) is 11.4 Å². The number of nitrogens with zero attached hydrogens (tertiary/aromatic N) is 2. The lowest BCUT2D eigenvalue weighted by atomic mass is 10.1. The predicted molar refractivity (Wildman–Crippen MR) is 117 cm³/mol. The number of benzene rings is 1. The average molecular weight is 488 g/mol. The molecule has 0 atom stereocenters. The van der Waals surface area contributed by atoms with Crippen molar-refractivity contribution in [2.24, 2.45) is 0 Å². The number of hydrogen-bond acceptors (Lipinski definition) is 6. The number of nitriles is 1. The molecule has 30 heavy (non-hydrogen) atoms. The van der Waals surface area contributed by atoms with Gasteiger partial charge in [-0.3, -0.25) is 4.79 Å². The van der Waals surface area contributed by atoms with E-state index in [0.29, 0.717) is 17.0 Å². The molecule has 1 N–H and O–H groups in total. The third kappa shape index (κ3) is 4.35. The normalized spacial score (nSPS) is 15.0. The molecule has 0 spiro atoms. The molecular formula is C19H19Cl2N3O4S2. The van der Waals surface area contributed by atoms with Gasteiger partial charge in [0.2, 0.25) is 10.0 Å². The van der Waals surface area contributed by atoms with Crippen molar-refractivity contribution >= 4 is 55.5 Å². The van der Waals surface area contributed by atoms with Crippen LogP contribution in [0.25, 0.3) is 0 Å². The molecule has 2 heterocycles. The molecule has 1 aliphatic rings. The monoisotopic (exact) mass is 487 g/mol. The molecule has 1 aromatic carbocycles. The topological polar surface area (TPSA) is 99.5 Å². The maximum Gasteiger partial charge on any atom is 0.257 e. The molecular weight excluding hydrogens is 469 g/mol. The molecule has 0 unspecified atom stereocenters. The molecule has 2 aromatic rings. The second kappa shape index (κ2) is 9.22. The summed E-state index contributed by atoms with van der Waals surface area (Å²) >= 11 is 13.7. The number of sulfonamides is 1. The van der Waals surface area contributed by atoms with Crippen molar-refractivity contribution in [3.05, 3.63) is 43.7 Å². The number of carbonyl (C=O) groups is 1. The van der Waals surface area contributed by atoms with Gasteiger partial charge in [-0.25, -0.2) is 8.42 Å². The summed E-state index contributed by atoms with van der Waals surface area (Å²) in [5, 5.41) is 12.5. The maximum absolute atomic E-state index is 13.0. The van der Waals surface area contributed by atoms with Gasteiger partial charge in [0.25, 0.3) is 5.91 Å². The van der Waals surface area contributed by atoms with E-state index in [-0.39, 0.29) is 46.8 Å². The van der Waals surface area contributed by atoms with Crippen LogP contribution in [0, 0.1) is 18.3 Å². The third-order valence-electron chi connectivity index (χ3n) is 4.76. The second-order valence-electron chi connectivity index (χ2n) is 6.54. The SMILES string of the molecule is CCc1c(C)sc(NC(=O)c2cc(S(=O)(=O)N3CCOCC3)c(Cl)cc2Cl)c1C#N. The van der Waals surface area contributed by atoms with Gasteiger partial charge in [0.15, 0.2) is 0 Å². The Balaban J connectivity index is 1.98. The molecule has 0 saturated carbocycles. The number of amides is 1. The molecule has 7 nitrogen and oxygen atoms in total. The van der Waals surface area contributed by atoms with Crippen molar-refractivity contribution in [3.8, 4) is 6.07 Å². The minimum atomic E-state index is -3.92. The van der Waals surface area contributed by atoms with Gasteiger partial charge in [0.05, 0.1) is 34.4 Å². The molecule has 0 radical (unpaired) electrons. The first-order valence-electron chi connectivity index (χ1n) is 9.11. The number of halogens is 2. The lowest BCUT2D eigenvalue weighted by Gasteiger charge is -2.26. The van der Waals surface area contributed by atoms with Crippen molar-refractivity contribution in [2.45, 2.75) is 25.2 Å². The number of carbonyl (C=O) groups excluding carboxylic acids is 1. The van der Waals surface area contributed by atoms with E-state index < -0.39 is 15.9 Å². The number of rotatable bonds is 5. The predicted octanol–water partition coefficient (Wildman–Crippen LogP) is 4.07. The Morgan fingerprint density at radius 1 is 1.30 bits per heavy atom. The lowest BCUT2D eigenvalue weighted by molar-refractivity contribution is 0.0730. The number of nitrogens with one attached hydrogen (secondary N) is 1. The Bertz CT molecular complexity index is 1130. The zero-order valence-corrected chi connectivity index (χ0v) is 19.4. The zero-order valence-electron chi connectivity index (χ0n) is 16.3. The summed E-state index contributed by atoms with van der Waals surface area (Å²) in [6, 6.07) is 4.54. The van der Waals surface area contributed by atoms with Crippen molar-refractivity contribution in [3.63, 3.8) is 0 Å². The molecule has 1 aromatic heterocycles. The van der Waals surface area contributed by atoms with Gasteiger partial charge < -0.3 is 10.1 Å². The van der Waals surface area contributed by atoms with Gasteiger partial charge >= 0.3 is 0 Å². The first-order valence-corrected chi connectivity index (χ1v) is 12.1. The summed E-state index contributed by atoms with van der Waals surface area (Å²) in [5.74, 6) is -0.615. The number of morpholine rings is 1. The highest BCUT2D eigenvalue weighted by Gasteiger charge is 2.30. The average Bonchev–Trinajstić information content (AvgIpc) is 3.02. The molecule has 1 fully saturated rings. The van der Waals surface area contributed by atoms with Crippen LogP contribution < -0.4 is 5.32 Å². The van der Waals surface area contributed by atoms with Crippen molar-refractivity contribution < 1.29 is 17.9 Å². The molecule has 1 aliphatic heterocycles. The first-order chi connectivity index (χ1) is 14.2. The van der Waals surface area contributed by atoms with Gasteiger partial charge in [-0.2, -0.15) is 9.57 Å². The summed E-state index contributed by atoms with van der Waals surface area (Å²) in [6.45, 7) is 4.77. The Kier molecular flexibility index (Phi) is 7.07. The van der Waals surface area contributed by atoms with Crippen molar-refractivity contribution in [2.75, 3.05) is 31.6 Å². The Morgan fingerprint density at radius 2 is 1.97 bits per heavy atom. The second-order valence-corrected chi connectivity index (χ2v) is 10.5. The summed E-state index contributed by atoms with van der Waals surface area (Å²) in [6.07, 6.45) is 0.657.